The summed E-state index contributed by atoms with van der Waals surface area (Å²) in [5.74, 6) is 0. The Morgan fingerprint density at radius 2 is 1.79 bits per heavy atom. The Morgan fingerprint density at radius 3 is 2.14 bits per heavy atom. The summed E-state index contributed by atoms with van der Waals surface area (Å²) in [5.41, 5.74) is 0. The predicted octanol–water partition coefficient (Wildman–Crippen LogP) is 0.988. The molecule has 4 heteroatoms. The first-order valence-electron chi connectivity index (χ1n) is 5.21. The molecule has 0 saturated carbocycles. The minimum absolute atomic E-state index is 0.0235. The van der Waals surface area contributed by atoms with Crippen LogP contribution in [0.25, 0.3) is 0 Å². The maximum atomic E-state index is 11.3. The first kappa shape index (κ1) is 13.2. The molecule has 1 atom stereocenters. The molecule has 0 fully saturated rings. The van der Waals surface area contributed by atoms with Gasteiger partial charge in [-0.25, -0.2) is 4.79 Å². The van der Waals surface area contributed by atoms with E-state index in [1.165, 1.54) is 0 Å². The lowest BCUT2D eigenvalue weighted by Gasteiger charge is -2.24. The van der Waals surface area contributed by atoms with Gasteiger partial charge in [0.15, 0.2) is 0 Å². The highest BCUT2D eigenvalue weighted by Gasteiger charge is 2.10. The molecule has 0 aliphatic carbocycles. The molecule has 0 radical (unpaired) electrons. The van der Waals surface area contributed by atoms with E-state index in [0.717, 1.165) is 19.6 Å². The molecule has 0 heterocycles. The Morgan fingerprint density at radius 1 is 1.29 bits per heavy atom. The van der Waals surface area contributed by atoms with Gasteiger partial charge in [0.2, 0.25) is 0 Å². The van der Waals surface area contributed by atoms with E-state index >= 15 is 0 Å². The largest absolute Gasteiger partial charge is 0.334 e. The van der Waals surface area contributed by atoms with E-state index in [0.29, 0.717) is 0 Å². The van der Waals surface area contributed by atoms with Crippen LogP contribution in [0.2, 0.25) is 0 Å². The number of carbonyl (C=O) groups excluding carboxylic acids is 1. The molecule has 1 N–H and O–H groups in total. The lowest BCUT2D eigenvalue weighted by molar-refractivity contribution is 0.206. The van der Waals surface area contributed by atoms with Crippen molar-refractivity contribution in [3.8, 4) is 0 Å². The second kappa shape index (κ2) is 6.65. The predicted molar refractivity (Wildman–Crippen MR) is 59.5 cm³/mol. The van der Waals surface area contributed by atoms with Gasteiger partial charge in [0.05, 0.1) is 0 Å². The van der Waals surface area contributed by atoms with Crippen molar-refractivity contribution in [1.82, 2.24) is 15.1 Å². The zero-order chi connectivity index (χ0) is 11.1. The number of likely N-dealkylation sites (N-methyl/N-ethyl adjacent to an activating group) is 1. The Kier molecular flexibility index (Phi) is 6.28. The fourth-order valence-electron chi connectivity index (χ4n) is 1.25. The lowest BCUT2D eigenvalue weighted by atomic mass is 10.3. The number of amides is 2. The van der Waals surface area contributed by atoms with Gasteiger partial charge >= 0.3 is 6.03 Å². The van der Waals surface area contributed by atoms with Crippen LogP contribution in [-0.4, -0.2) is 55.6 Å². The van der Waals surface area contributed by atoms with Crippen LogP contribution in [-0.2, 0) is 0 Å². The first-order valence-corrected chi connectivity index (χ1v) is 5.21. The molecular formula is C10H23N3O. The Hall–Kier alpha value is -0.770. The smallest absolute Gasteiger partial charge is 0.317 e. The van der Waals surface area contributed by atoms with Crippen LogP contribution in [0, 0.1) is 0 Å². The molecule has 14 heavy (non-hydrogen) atoms. The average molecular weight is 201 g/mol. The molecule has 2 amide bonds. The van der Waals surface area contributed by atoms with Gasteiger partial charge in [-0.15, -0.1) is 0 Å². The van der Waals surface area contributed by atoms with Gasteiger partial charge in [0.25, 0.3) is 0 Å². The molecule has 0 saturated heterocycles. The van der Waals surface area contributed by atoms with E-state index in [9.17, 15) is 4.79 Å². The topological polar surface area (TPSA) is 35.6 Å². The summed E-state index contributed by atoms with van der Waals surface area (Å²) in [5, 5.41) is 2.92. The summed E-state index contributed by atoms with van der Waals surface area (Å²) in [6, 6.07) is 0.175. The standard InChI is InChI=1S/C10H23N3O/c1-6-13(7-2)8-9(3)11-10(14)12(4)5/h9H,6-8H2,1-5H3,(H,11,14). The minimum atomic E-state index is -0.0235. The number of hydrogen-bond donors (Lipinski definition) is 1. The highest BCUT2D eigenvalue weighted by molar-refractivity contribution is 5.73. The quantitative estimate of drug-likeness (QED) is 0.720. The third kappa shape index (κ3) is 5.07. The van der Waals surface area contributed by atoms with E-state index in [4.69, 9.17) is 0 Å². The van der Waals surface area contributed by atoms with Crippen molar-refractivity contribution >= 4 is 6.03 Å². The van der Waals surface area contributed by atoms with Crippen LogP contribution in [0.4, 0.5) is 4.79 Å². The van der Waals surface area contributed by atoms with Crippen molar-refractivity contribution in [1.29, 1.82) is 0 Å². The van der Waals surface area contributed by atoms with Gasteiger partial charge in [-0.1, -0.05) is 13.8 Å². The highest BCUT2D eigenvalue weighted by Crippen LogP contribution is 1.92. The van der Waals surface area contributed by atoms with E-state index in [2.05, 4.69) is 24.1 Å². The summed E-state index contributed by atoms with van der Waals surface area (Å²) in [7, 11) is 3.50. The molecule has 0 aliphatic heterocycles. The van der Waals surface area contributed by atoms with Crippen molar-refractivity contribution in [2.24, 2.45) is 0 Å². The maximum Gasteiger partial charge on any atom is 0.317 e. The lowest BCUT2D eigenvalue weighted by Crippen LogP contribution is -2.45. The number of nitrogens with zero attached hydrogens (tertiary/aromatic N) is 2. The molecule has 0 aliphatic rings. The van der Waals surface area contributed by atoms with Crippen LogP contribution in [0.1, 0.15) is 20.8 Å². The summed E-state index contributed by atoms with van der Waals surface area (Å²) in [6.45, 7) is 9.25. The van der Waals surface area contributed by atoms with Gasteiger partial charge in [-0.3, -0.25) is 0 Å². The number of carbonyl (C=O) groups is 1. The fourth-order valence-corrected chi connectivity index (χ4v) is 1.25. The maximum absolute atomic E-state index is 11.3. The van der Waals surface area contributed by atoms with Gasteiger partial charge in [0, 0.05) is 26.7 Å². The van der Waals surface area contributed by atoms with E-state index in [1.54, 1.807) is 19.0 Å². The van der Waals surface area contributed by atoms with Gasteiger partial charge in [-0.05, 0) is 20.0 Å². The molecular weight excluding hydrogens is 178 g/mol. The molecule has 1 unspecified atom stereocenters. The summed E-state index contributed by atoms with van der Waals surface area (Å²) < 4.78 is 0. The van der Waals surface area contributed by atoms with Crippen LogP contribution in [0.5, 0.6) is 0 Å². The van der Waals surface area contributed by atoms with Gasteiger partial charge < -0.3 is 15.1 Å². The Bertz CT molecular complexity index is 167. The monoisotopic (exact) mass is 201 g/mol. The van der Waals surface area contributed by atoms with Crippen molar-refractivity contribution < 1.29 is 4.79 Å². The number of urea groups is 1. The Balaban J connectivity index is 3.84. The molecule has 0 spiro atoms. The first-order chi connectivity index (χ1) is 6.51. The molecule has 4 nitrogen and oxygen atoms in total. The molecule has 0 aromatic rings. The van der Waals surface area contributed by atoms with Crippen LogP contribution >= 0.6 is 0 Å². The zero-order valence-corrected chi connectivity index (χ0v) is 10.0. The minimum Gasteiger partial charge on any atom is -0.334 e. The van der Waals surface area contributed by atoms with Gasteiger partial charge in [-0.2, -0.15) is 0 Å². The summed E-state index contributed by atoms with van der Waals surface area (Å²) in [6.07, 6.45) is 0. The Labute approximate surface area is 87.3 Å². The van der Waals surface area contributed by atoms with Crippen molar-refractivity contribution in [2.45, 2.75) is 26.8 Å². The van der Waals surface area contributed by atoms with E-state index < -0.39 is 0 Å². The van der Waals surface area contributed by atoms with Crippen molar-refractivity contribution in [3.63, 3.8) is 0 Å². The third-order valence-electron chi connectivity index (χ3n) is 2.20. The fraction of sp³-hybridized carbons (Fsp3) is 0.900. The van der Waals surface area contributed by atoms with Crippen LogP contribution < -0.4 is 5.32 Å². The number of hydrogen-bond acceptors (Lipinski definition) is 2. The second-order valence-electron chi connectivity index (χ2n) is 3.73. The average Bonchev–Trinajstić information content (AvgIpc) is 2.13. The SMILES string of the molecule is CCN(CC)CC(C)NC(=O)N(C)C. The molecule has 0 bridgehead atoms. The van der Waals surface area contributed by atoms with Crippen LogP contribution in [0.3, 0.4) is 0 Å². The summed E-state index contributed by atoms with van der Waals surface area (Å²) >= 11 is 0. The number of rotatable bonds is 5. The normalized spacial score (nSPS) is 12.7. The van der Waals surface area contributed by atoms with E-state index in [-0.39, 0.29) is 12.1 Å². The molecule has 0 aromatic heterocycles. The molecule has 0 rings (SSSR count). The highest BCUT2D eigenvalue weighted by atomic mass is 16.2. The molecule has 84 valence electrons. The second-order valence-corrected chi connectivity index (χ2v) is 3.73. The zero-order valence-electron chi connectivity index (χ0n) is 10.0. The van der Waals surface area contributed by atoms with Gasteiger partial charge in [0.1, 0.15) is 0 Å². The van der Waals surface area contributed by atoms with Crippen LogP contribution in [0.15, 0.2) is 0 Å². The van der Waals surface area contributed by atoms with Crippen molar-refractivity contribution in [2.75, 3.05) is 33.7 Å². The third-order valence-corrected chi connectivity index (χ3v) is 2.20. The number of nitrogens with one attached hydrogen (secondary N) is 1. The van der Waals surface area contributed by atoms with Crippen molar-refractivity contribution in [3.05, 3.63) is 0 Å². The molecule has 0 aromatic carbocycles. The summed E-state index contributed by atoms with van der Waals surface area (Å²) in [4.78, 5) is 15.2. The van der Waals surface area contributed by atoms with E-state index in [1.807, 2.05) is 6.92 Å².